The lowest BCUT2D eigenvalue weighted by Gasteiger charge is -2.22. The van der Waals surface area contributed by atoms with Gasteiger partial charge in [0.15, 0.2) is 5.84 Å². The molecule has 19 heavy (non-hydrogen) atoms. The number of rotatable bonds is 3. The van der Waals surface area contributed by atoms with Crippen LogP contribution in [-0.2, 0) is 0 Å². The lowest BCUT2D eigenvalue weighted by Crippen LogP contribution is -2.38. The van der Waals surface area contributed by atoms with E-state index in [-0.39, 0.29) is 17.8 Å². The van der Waals surface area contributed by atoms with Crippen molar-refractivity contribution in [2.24, 2.45) is 10.9 Å². The van der Waals surface area contributed by atoms with E-state index < -0.39 is 0 Å². The Kier molecular flexibility index (Phi) is 4.68. The first-order chi connectivity index (χ1) is 9.20. The maximum Gasteiger partial charge on any atom is 0.251 e. The van der Waals surface area contributed by atoms with Crippen molar-refractivity contribution in [2.75, 3.05) is 11.5 Å². The van der Waals surface area contributed by atoms with Crippen LogP contribution in [0.2, 0.25) is 0 Å². The van der Waals surface area contributed by atoms with Gasteiger partial charge < -0.3 is 16.3 Å². The first-order valence-electron chi connectivity index (χ1n) is 6.17. The number of hydrogen-bond donors (Lipinski definition) is 3. The highest BCUT2D eigenvalue weighted by atomic mass is 32.2. The third kappa shape index (κ3) is 3.64. The van der Waals surface area contributed by atoms with E-state index >= 15 is 0 Å². The van der Waals surface area contributed by atoms with Crippen LogP contribution in [0.15, 0.2) is 29.4 Å². The van der Waals surface area contributed by atoms with Gasteiger partial charge in [0, 0.05) is 22.9 Å². The molecule has 0 radical (unpaired) electrons. The van der Waals surface area contributed by atoms with Crippen molar-refractivity contribution in [1.29, 1.82) is 0 Å². The molecule has 0 bridgehead atoms. The molecule has 1 fully saturated rings. The van der Waals surface area contributed by atoms with Crippen LogP contribution in [0.5, 0.6) is 0 Å². The smallest absolute Gasteiger partial charge is 0.251 e. The number of thioether (sulfide) groups is 1. The quantitative estimate of drug-likeness (QED) is 0.338. The highest BCUT2D eigenvalue weighted by Gasteiger charge is 2.17. The molecule has 0 aromatic heterocycles. The number of carbonyl (C=O) groups excluding carboxylic acids is 1. The molecule has 0 saturated carbocycles. The molecular weight excluding hydrogens is 262 g/mol. The second-order valence-electron chi connectivity index (χ2n) is 4.45. The Labute approximate surface area is 116 Å². The van der Waals surface area contributed by atoms with E-state index in [0.717, 1.165) is 18.6 Å². The minimum absolute atomic E-state index is 0.00266. The molecule has 1 amide bonds. The summed E-state index contributed by atoms with van der Waals surface area (Å²) >= 11 is 1.86. The number of benzene rings is 1. The Hall–Kier alpha value is -1.69. The lowest BCUT2D eigenvalue weighted by atomic mass is 10.1. The van der Waals surface area contributed by atoms with Gasteiger partial charge in [-0.15, -0.1) is 0 Å². The summed E-state index contributed by atoms with van der Waals surface area (Å²) in [7, 11) is 0. The van der Waals surface area contributed by atoms with Crippen molar-refractivity contribution >= 4 is 23.5 Å². The van der Waals surface area contributed by atoms with Crippen LogP contribution in [0, 0.1) is 0 Å². The summed E-state index contributed by atoms with van der Waals surface area (Å²) in [6.07, 6.45) is 2.17. The lowest BCUT2D eigenvalue weighted by molar-refractivity contribution is 0.0938. The topological polar surface area (TPSA) is 87.7 Å². The molecular formula is C13H17N3O2S. The fraction of sp³-hybridized carbons (Fsp3) is 0.385. The van der Waals surface area contributed by atoms with Gasteiger partial charge in [0.25, 0.3) is 5.91 Å². The number of nitrogens with two attached hydrogens (primary N) is 1. The van der Waals surface area contributed by atoms with Crippen molar-refractivity contribution in [3.05, 3.63) is 35.4 Å². The maximum absolute atomic E-state index is 12.1. The van der Waals surface area contributed by atoms with Gasteiger partial charge in [0.05, 0.1) is 0 Å². The number of nitrogens with one attached hydrogen (secondary N) is 1. The first-order valence-corrected chi connectivity index (χ1v) is 7.32. The zero-order valence-corrected chi connectivity index (χ0v) is 11.3. The fourth-order valence-electron chi connectivity index (χ4n) is 2.00. The second kappa shape index (κ2) is 6.47. The van der Waals surface area contributed by atoms with Crippen LogP contribution in [-0.4, -0.2) is 34.5 Å². The van der Waals surface area contributed by atoms with Crippen LogP contribution < -0.4 is 11.1 Å². The fourth-order valence-corrected chi connectivity index (χ4v) is 3.07. The number of nitrogens with zero attached hydrogens (tertiary/aromatic N) is 1. The number of carbonyl (C=O) groups is 1. The molecule has 0 spiro atoms. The SMILES string of the molecule is N/C(=N/O)c1cccc(C(=O)NC2CCCSC2)c1. The molecule has 1 heterocycles. The predicted octanol–water partition coefficient (Wildman–Crippen LogP) is 1.41. The molecule has 5 nitrogen and oxygen atoms in total. The normalized spacial score (nSPS) is 20.0. The van der Waals surface area contributed by atoms with E-state index in [1.807, 2.05) is 11.8 Å². The first kappa shape index (κ1) is 13.7. The summed E-state index contributed by atoms with van der Waals surface area (Å²) in [6.45, 7) is 0. The molecule has 1 aromatic rings. The van der Waals surface area contributed by atoms with Crippen molar-refractivity contribution in [1.82, 2.24) is 5.32 Å². The van der Waals surface area contributed by atoms with Crippen LogP contribution in [0.1, 0.15) is 28.8 Å². The van der Waals surface area contributed by atoms with Crippen molar-refractivity contribution in [3.8, 4) is 0 Å². The van der Waals surface area contributed by atoms with Crippen LogP contribution >= 0.6 is 11.8 Å². The largest absolute Gasteiger partial charge is 0.409 e. The van der Waals surface area contributed by atoms with Crippen LogP contribution in [0.4, 0.5) is 0 Å². The molecule has 1 aromatic carbocycles. The van der Waals surface area contributed by atoms with Crippen molar-refractivity contribution in [2.45, 2.75) is 18.9 Å². The minimum atomic E-state index is -0.111. The maximum atomic E-state index is 12.1. The number of hydrogen-bond acceptors (Lipinski definition) is 4. The van der Waals surface area contributed by atoms with E-state index in [2.05, 4.69) is 10.5 Å². The van der Waals surface area contributed by atoms with E-state index in [1.165, 1.54) is 5.75 Å². The zero-order chi connectivity index (χ0) is 13.7. The van der Waals surface area contributed by atoms with Gasteiger partial charge in [-0.05, 0) is 30.7 Å². The summed E-state index contributed by atoms with van der Waals surface area (Å²) in [4.78, 5) is 12.1. The third-order valence-electron chi connectivity index (χ3n) is 3.02. The highest BCUT2D eigenvalue weighted by molar-refractivity contribution is 7.99. The van der Waals surface area contributed by atoms with E-state index in [0.29, 0.717) is 11.1 Å². The molecule has 2 rings (SSSR count). The van der Waals surface area contributed by atoms with Gasteiger partial charge >= 0.3 is 0 Å². The molecule has 1 aliphatic rings. The van der Waals surface area contributed by atoms with Gasteiger partial charge in [-0.1, -0.05) is 17.3 Å². The van der Waals surface area contributed by atoms with Crippen molar-refractivity contribution < 1.29 is 10.0 Å². The monoisotopic (exact) mass is 279 g/mol. The van der Waals surface area contributed by atoms with Gasteiger partial charge in [0.1, 0.15) is 0 Å². The van der Waals surface area contributed by atoms with Gasteiger partial charge in [-0.25, -0.2) is 0 Å². The number of oxime groups is 1. The number of amides is 1. The van der Waals surface area contributed by atoms with Crippen LogP contribution in [0.25, 0.3) is 0 Å². The standard InChI is InChI=1S/C13H17N3O2S/c14-12(16-18)9-3-1-4-10(7-9)13(17)15-11-5-2-6-19-8-11/h1,3-4,7,11,18H,2,5-6,8H2,(H2,14,16)(H,15,17). The average molecular weight is 279 g/mol. The average Bonchev–Trinajstić information content (AvgIpc) is 2.47. The van der Waals surface area contributed by atoms with Gasteiger partial charge in [-0.2, -0.15) is 11.8 Å². The Morgan fingerprint density at radius 2 is 2.26 bits per heavy atom. The summed E-state index contributed by atoms with van der Waals surface area (Å²) in [5, 5.41) is 14.6. The molecule has 0 aliphatic carbocycles. The molecule has 4 N–H and O–H groups in total. The Balaban J connectivity index is 2.06. The molecule has 6 heteroatoms. The van der Waals surface area contributed by atoms with E-state index in [4.69, 9.17) is 10.9 Å². The van der Waals surface area contributed by atoms with Crippen LogP contribution in [0.3, 0.4) is 0 Å². The van der Waals surface area contributed by atoms with Gasteiger partial charge in [0.2, 0.25) is 0 Å². The predicted molar refractivity (Wildman–Crippen MR) is 76.8 cm³/mol. The molecule has 1 unspecified atom stereocenters. The van der Waals surface area contributed by atoms with Gasteiger partial charge in [-0.3, -0.25) is 4.79 Å². The molecule has 1 aliphatic heterocycles. The molecule has 102 valence electrons. The number of amidine groups is 1. The second-order valence-corrected chi connectivity index (χ2v) is 5.60. The van der Waals surface area contributed by atoms with Crippen molar-refractivity contribution in [3.63, 3.8) is 0 Å². The minimum Gasteiger partial charge on any atom is -0.409 e. The summed E-state index contributed by atoms with van der Waals surface area (Å²) in [5.74, 6) is 2.03. The Morgan fingerprint density at radius 1 is 1.47 bits per heavy atom. The summed E-state index contributed by atoms with van der Waals surface area (Å²) in [6, 6.07) is 7.00. The van der Waals surface area contributed by atoms with E-state index in [1.54, 1.807) is 24.3 Å². The Morgan fingerprint density at radius 3 is 2.95 bits per heavy atom. The zero-order valence-electron chi connectivity index (χ0n) is 10.5. The summed E-state index contributed by atoms with van der Waals surface area (Å²) in [5.41, 5.74) is 6.58. The molecule has 1 saturated heterocycles. The van der Waals surface area contributed by atoms with E-state index in [9.17, 15) is 4.79 Å². The highest BCUT2D eigenvalue weighted by Crippen LogP contribution is 2.17. The Bertz CT molecular complexity index is 485. The molecule has 1 atom stereocenters. The summed E-state index contributed by atoms with van der Waals surface area (Å²) < 4.78 is 0. The third-order valence-corrected chi connectivity index (χ3v) is 4.24.